The maximum Gasteiger partial charge on any atom is 0.248 e. The van der Waals surface area contributed by atoms with E-state index in [2.05, 4.69) is 20.9 Å². The van der Waals surface area contributed by atoms with Crippen LogP contribution in [0.4, 0.5) is 5.13 Å². The summed E-state index contributed by atoms with van der Waals surface area (Å²) in [6.07, 6.45) is 2.75. The van der Waals surface area contributed by atoms with Crippen LogP contribution in [0.15, 0.2) is 11.6 Å². The second kappa shape index (κ2) is 8.99. The van der Waals surface area contributed by atoms with E-state index in [1.807, 2.05) is 0 Å². The van der Waals surface area contributed by atoms with E-state index in [1.165, 1.54) is 16.2 Å². The van der Waals surface area contributed by atoms with Gasteiger partial charge in [0.2, 0.25) is 29.5 Å². The predicted octanol–water partition coefficient (Wildman–Crippen LogP) is -1.29. The smallest absolute Gasteiger partial charge is 0.248 e. The normalized spacial score (nSPS) is 22.1. The number of carbonyl (C=O) groups is 5. The van der Waals surface area contributed by atoms with E-state index in [4.69, 9.17) is 5.73 Å². The number of nitrogens with one attached hydrogen (secondary N) is 3. The summed E-state index contributed by atoms with van der Waals surface area (Å²) < 4.78 is 0. The molecular weight excluding hydrogens is 400 g/mol. The van der Waals surface area contributed by atoms with Crippen molar-refractivity contribution in [3.63, 3.8) is 0 Å². The highest BCUT2D eigenvalue weighted by Gasteiger charge is 2.39. The molecule has 5 N–H and O–H groups in total. The van der Waals surface area contributed by atoms with E-state index < -0.39 is 42.3 Å². The molecule has 0 spiro atoms. The highest BCUT2D eigenvalue weighted by molar-refractivity contribution is 7.13. The molecule has 1 aromatic heterocycles. The molecule has 2 aliphatic heterocycles. The third kappa shape index (κ3) is 5.08. The topological polar surface area (TPSA) is 164 Å². The van der Waals surface area contributed by atoms with Crippen molar-refractivity contribution >= 4 is 46.0 Å². The van der Waals surface area contributed by atoms with Crippen LogP contribution in [-0.4, -0.2) is 64.1 Å². The first kappa shape index (κ1) is 20.7. The third-order valence-corrected chi connectivity index (χ3v) is 5.52. The molecule has 0 aliphatic carbocycles. The minimum Gasteiger partial charge on any atom is -0.370 e. The summed E-state index contributed by atoms with van der Waals surface area (Å²) in [5.74, 6) is -2.50. The van der Waals surface area contributed by atoms with Crippen LogP contribution in [0.25, 0.3) is 0 Å². The van der Waals surface area contributed by atoms with Crippen molar-refractivity contribution in [3.05, 3.63) is 11.6 Å². The average Bonchev–Trinajstić information content (AvgIpc) is 3.41. The lowest BCUT2D eigenvalue weighted by Gasteiger charge is -2.28. The Bertz CT molecular complexity index is 813. The van der Waals surface area contributed by atoms with Gasteiger partial charge in [0.05, 0.1) is 6.42 Å². The molecule has 1 aromatic rings. The van der Waals surface area contributed by atoms with E-state index in [0.29, 0.717) is 30.9 Å². The lowest BCUT2D eigenvalue weighted by molar-refractivity contribution is -0.141. The maximum atomic E-state index is 13.0. The summed E-state index contributed by atoms with van der Waals surface area (Å²) in [5.41, 5.74) is 5.25. The summed E-state index contributed by atoms with van der Waals surface area (Å²) in [4.78, 5) is 66.1. The van der Waals surface area contributed by atoms with Crippen LogP contribution in [-0.2, 0) is 24.0 Å². The van der Waals surface area contributed by atoms with Crippen LogP contribution in [0.3, 0.4) is 0 Å². The number of amides is 5. The predicted molar refractivity (Wildman–Crippen MR) is 102 cm³/mol. The molecule has 0 saturated carbocycles. The van der Waals surface area contributed by atoms with Crippen LogP contribution in [0.5, 0.6) is 0 Å². The zero-order chi connectivity index (χ0) is 21.0. The van der Waals surface area contributed by atoms with Gasteiger partial charge in [-0.1, -0.05) is 0 Å². The number of thiazole rings is 1. The fraction of sp³-hybridized carbons (Fsp3) is 0.529. The van der Waals surface area contributed by atoms with E-state index in [1.54, 1.807) is 11.6 Å². The second-order valence-electron chi connectivity index (χ2n) is 6.91. The van der Waals surface area contributed by atoms with Crippen molar-refractivity contribution in [3.8, 4) is 0 Å². The molecule has 5 amide bonds. The van der Waals surface area contributed by atoms with Crippen molar-refractivity contribution in [1.82, 2.24) is 20.5 Å². The first-order valence-corrected chi connectivity index (χ1v) is 10.1. The lowest BCUT2D eigenvalue weighted by Crippen LogP contribution is -2.56. The summed E-state index contributed by atoms with van der Waals surface area (Å²) in [6, 6.07) is -2.69. The van der Waals surface area contributed by atoms with Gasteiger partial charge in [-0.2, -0.15) is 0 Å². The quantitative estimate of drug-likeness (QED) is 0.427. The van der Waals surface area contributed by atoms with Gasteiger partial charge in [0.15, 0.2) is 5.13 Å². The number of nitrogens with zero attached hydrogens (tertiary/aromatic N) is 2. The number of anilines is 1. The van der Waals surface area contributed by atoms with Gasteiger partial charge in [-0.15, -0.1) is 11.3 Å². The summed E-state index contributed by atoms with van der Waals surface area (Å²) in [5, 5.41) is 9.82. The Balaban J connectivity index is 1.68. The lowest BCUT2D eigenvalue weighted by atomic mass is 10.1. The number of rotatable bonds is 7. The van der Waals surface area contributed by atoms with E-state index in [-0.39, 0.29) is 18.2 Å². The van der Waals surface area contributed by atoms with Crippen LogP contribution in [0.2, 0.25) is 0 Å². The minimum absolute atomic E-state index is 0.220. The fourth-order valence-corrected chi connectivity index (χ4v) is 3.99. The summed E-state index contributed by atoms with van der Waals surface area (Å²) in [7, 11) is 0. The maximum absolute atomic E-state index is 13.0. The molecule has 3 unspecified atom stereocenters. The van der Waals surface area contributed by atoms with Crippen molar-refractivity contribution in [2.24, 2.45) is 5.73 Å². The monoisotopic (exact) mass is 422 g/mol. The molecule has 156 valence electrons. The zero-order valence-electron chi connectivity index (χ0n) is 15.6. The van der Waals surface area contributed by atoms with Gasteiger partial charge < -0.3 is 26.6 Å². The molecular formula is C17H22N6O5S. The van der Waals surface area contributed by atoms with Crippen LogP contribution in [0, 0.1) is 0 Å². The molecule has 11 nitrogen and oxygen atoms in total. The number of carbonyl (C=O) groups excluding carboxylic acids is 5. The largest absolute Gasteiger partial charge is 0.370 e. The second-order valence-corrected chi connectivity index (χ2v) is 7.80. The Hall–Kier alpha value is -3.02. The standard InChI is InChI=1S/C17H22N6O5S/c18-12(24)8-10(21-14(26)9-3-4-13(25)20-9)16(28)23-6-1-2-11(23)15(27)22-17-19-5-7-29-17/h5,7,9-11H,1-4,6,8H2,(H2,18,24)(H,20,25)(H,21,26)(H,19,22,27). The molecule has 2 fully saturated rings. The van der Waals surface area contributed by atoms with Crippen molar-refractivity contribution in [1.29, 1.82) is 0 Å². The Morgan fingerprint density at radius 3 is 2.72 bits per heavy atom. The number of hydrogen-bond donors (Lipinski definition) is 4. The molecule has 0 bridgehead atoms. The first-order chi connectivity index (χ1) is 13.8. The first-order valence-electron chi connectivity index (χ1n) is 9.24. The van der Waals surface area contributed by atoms with Crippen LogP contribution in [0.1, 0.15) is 32.1 Å². The number of hydrogen-bond acceptors (Lipinski definition) is 7. The zero-order valence-corrected chi connectivity index (χ0v) is 16.4. The van der Waals surface area contributed by atoms with Gasteiger partial charge in [0.1, 0.15) is 18.1 Å². The summed E-state index contributed by atoms with van der Waals surface area (Å²) in [6.45, 7) is 0.320. The Kier molecular flexibility index (Phi) is 6.42. The Morgan fingerprint density at radius 1 is 1.31 bits per heavy atom. The molecule has 2 aliphatic rings. The van der Waals surface area contributed by atoms with Crippen molar-refractivity contribution in [2.45, 2.75) is 50.2 Å². The highest BCUT2D eigenvalue weighted by Crippen LogP contribution is 2.21. The Morgan fingerprint density at radius 2 is 2.10 bits per heavy atom. The van der Waals surface area contributed by atoms with E-state index in [9.17, 15) is 24.0 Å². The van der Waals surface area contributed by atoms with Gasteiger partial charge in [-0.25, -0.2) is 4.98 Å². The number of likely N-dealkylation sites (tertiary alicyclic amines) is 1. The highest BCUT2D eigenvalue weighted by atomic mass is 32.1. The molecule has 3 heterocycles. The molecule has 2 saturated heterocycles. The van der Waals surface area contributed by atoms with Gasteiger partial charge >= 0.3 is 0 Å². The fourth-order valence-electron chi connectivity index (χ4n) is 3.46. The van der Waals surface area contributed by atoms with E-state index >= 15 is 0 Å². The third-order valence-electron chi connectivity index (χ3n) is 4.83. The SMILES string of the molecule is NC(=O)CC(NC(=O)C1CCC(=O)N1)C(=O)N1CCCC1C(=O)Nc1nccs1. The molecule has 29 heavy (non-hydrogen) atoms. The van der Waals surface area contributed by atoms with Crippen molar-refractivity contribution in [2.75, 3.05) is 11.9 Å². The number of nitrogens with two attached hydrogens (primary N) is 1. The molecule has 0 radical (unpaired) electrons. The van der Waals surface area contributed by atoms with Crippen LogP contribution >= 0.6 is 11.3 Å². The van der Waals surface area contributed by atoms with Gasteiger partial charge in [-0.05, 0) is 19.3 Å². The number of aromatic nitrogens is 1. The minimum atomic E-state index is -1.20. The van der Waals surface area contributed by atoms with Crippen LogP contribution < -0.4 is 21.7 Å². The summed E-state index contributed by atoms with van der Waals surface area (Å²) >= 11 is 1.26. The molecule has 3 atom stereocenters. The van der Waals surface area contributed by atoms with Gasteiger partial charge in [-0.3, -0.25) is 24.0 Å². The molecule has 3 rings (SSSR count). The Labute approximate surface area is 170 Å². The van der Waals surface area contributed by atoms with Gasteiger partial charge in [0, 0.05) is 24.5 Å². The van der Waals surface area contributed by atoms with E-state index in [0.717, 1.165) is 0 Å². The van der Waals surface area contributed by atoms with Crippen molar-refractivity contribution < 1.29 is 24.0 Å². The number of primary amides is 1. The molecule has 0 aromatic carbocycles. The molecule has 12 heteroatoms. The average molecular weight is 422 g/mol. The van der Waals surface area contributed by atoms with Gasteiger partial charge in [0.25, 0.3) is 0 Å².